The van der Waals surface area contributed by atoms with E-state index < -0.39 is 10.0 Å². The highest BCUT2D eigenvalue weighted by atomic mass is 32.2. The Morgan fingerprint density at radius 1 is 1.56 bits per heavy atom. The second-order valence-corrected chi connectivity index (χ2v) is 6.41. The van der Waals surface area contributed by atoms with Crippen molar-refractivity contribution in [3.05, 3.63) is 12.0 Å². The fourth-order valence-electron chi connectivity index (χ4n) is 2.19. The van der Waals surface area contributed by atoms with Crippen molar-refractivity contribution < 1.29 is 13.5 Å². The summed E-state index contributed by atoms with van der Waals surface area (Å²) in [6, 6.07) is -0.0702. The van der Waals surface area contributed by atoms with Crippen LogP contribution < -0.4 is 4.72 Å². The number of imidazole rings is 1. The molecular weight excluding hydrogens is 254 g/mol. The predicted molar refractivity (Wildman–Crippen MR) is 66.6 cm³/mol. The molecule has 0 radical (unpaired) electrons. The number of hydrogen-bond acceptors (Lipinski definition) is 4. The number of aryl methyl sites for hydroxylation is 2. The highest BCUT2D eigenvalue weighted by molar-refractivity contribution is 7.89. The number of rotatable bonds is 5. The van der Waals surface area contributed by atoms with Crippen LogP contribution in [0.4, 0.5) is 0 Å². The van der Waals surface area contributed by atoms with E-state index in [9.17, 15) is 8.42 Å². The van der Waals surface area contributed by atoms with Crippen molar-refractivity contribution in [1.82, 2.24) is 14.3 Å². The molecule has 1 heterocycles. The van der Waals surface area contributed by atoms with E-state index in [1.165, 1.54) is 0 Å². The lowest BCUT2D eigenvalue weighted by atomic mass is 9.82. The Kier molecular flexibility index (Phi) is 3.74. The first kappa shape index (κ1) is 13.5. The van der Waals surface area contributed by atoms with E-state index in [0.717, 1.165) is 0 Å². The second kappa shape index (κ2) is 4.99. The standard InChI is InChI=1S/C11H19N3O3S/c1-3-14-6-11(12-8(14)2)18(16,17)13-10-4-9(5-10)7-15/h6,9-10,13,15H,3-5,7H2,1-2H3. The van der Waals surface area contributed by atoms with Gasteiger partial charge in [0, 0.05) is 25.4 Å². The normalized spacial score (nSPS) is 23.9. The van der Waals surface area contributed by atoms with Crippen LogP contribution in [0.2, 0.25) is 0 Å². The van der Waals surface area contributed by atoms with E-state index in [-0.39, 0.29) is 23.6 Å². The molecule has 0 unspecified atom stereocenters. The molecule has 1 aromatic heterocycles. The molecule has 1 fully saturated rings. The van der Waals surface area contributed by atoms with Crippen molar-refractivity contribution in [3.63, 3.8) is 0 Å². The first-order valence-corrected chi connectivity index (χ1v) is 7.61. The molecule has 2 N–H and O–H groups in total. The molecule has 0 amide bonds. The van der Waals surface area contributed by atoms with E-state index in [2.05, 4.69) is 9.71 Å². The minimum absolute atomic E-state index is 0.0702. The molecule has 1 aromatic rings. The molecule has 7 heteroatoms. The zero-order valence-corrected chi connectivity index (χ0v) is 11.4. The van der Waals surface area contributed by atoms with Crippen molar-refractivity contribution in [1.29, 1.82) is 0 Å². The summed E-state index contributed by atoms with van der Waals surface area (Å²) in [5.41, 5.74) is 0. The van der Waals surface area contributed by atoms with E-state index in [0.29, 0.717) is 25.2 Å². The number of aromatic nitrogens is 2. The van der Waals surface area contributed by atoms with Crippen LogP contribution in [0.15, 0.2) is 11.2 Å². The summed E-state index contributed by atoms with van der Waals surface area (Å²) in [7, 11) is -3.53. The average Bonchev–Trinajstić information content (AvgIpc) is 2.65. The molecule has 0 spiro atoms. The number of aliphatic hydroxyl groups excluding tert-OH is 1. The molecule has 2 rings (SSSR count). The first-order chi connectivity index (χ1) is 8.46. The van der Waals surface area contributed by atoms with Crippen LogP contribution in [0.1, 0.15) is 25.6 Å². The summed E-state index contributed by atoms with van der Waals surface area (Å²) in [4.78, 5) is 4.07. The largest absolute Gasteiger partial charge is 0.396 e. The number of hydrogen-bond donors (Lipinski definition) is 2. The van der Waals surface area contributed by atoms with Crippen molar-refractivity contribution in [2.75, 3.05) is 6.61 Å². The molecule has 1 saturated carbocycles. The molecule has 6 nitrogen and oxygen atoms in total. The van der Waals surface area contributed by atoms with Crippen molar-refractivity contribution in [3.8, 4) is 0 Å². The first-order valence-electron chi connectivity index (χ1n) is 6.13. The van der Waals surface area contributed by atoms with Crippen molar-refractivity contribution in [2.45, 2.75) is 44.3 Å². The Bertz CT molecular complexity index is 518. The van der Waals surface area contributed by atoms with Crippen LogP contribution in [0.25, 0.3) is 0 Å². The summed E-state index contributed by atoms with van der Waals surface area (Å²) in [5.74, 6) is 0.923. The van der Waals surface area contributed by atoms with Gasteiger partial charge >= 0.3 is 0 Å². The molecule has 18 heavy (non-hydrogen) atoms. The molecule has 0 atom stereocenters. The van der Waals surface area contributed by atoms with Gasteiger partial charge in [-0.05, 0) is 32.6 Å². The summed E-state index contributed by atoms with van der Waals surface area (Å²) < 4.78 is 28.5. The Morgan fingerprint density at radius 2 is 2.22 bits per heavy atom. The van der Waals surface area contributed by atoms with E-state index >= 15 is 0 Å². The third-order valence-corrected chi connectivity index (χ3v) is 4.78. The lowest BCUT2D eigenvalue weighted by Gasteiger charge is -2.33. The zero-order chi connectivity index (χ0) is 13.3. The molecule has 0 aromatic carbocycles. The van der Waals surface area contributed by atoms with Gasteiger partial charge in [0.25, 0.3) is 10.0 Å². The van der Waals surface area contributed by atoms with E-state index in [4.69, 9.17) is 5.11 Å². The number of nitrogens with zero attached hydrogens (tertiary/aromatic N) is 2. The fourth-order valence-corrected chi connectivity index (χ4v) is 3.46. The molecule has 0 saturated heterocycles. The van der Waals surface area contributed by atoms with Gasteiger partial charge in [0.15, 0.2) is 5.03 Å². The smallest absolute Gasteiger partial charge is 0.259 e. The molecular formula is C11H19N3O3S. The zero-order valence-electron chi connectivity index (χ0n) is 10.6. The third kappa shape index (κ3) is 2.57. The highest BCUT2D eigenvalue weighted by Gasteiger charge is 2.33. The van der Waals surface area contributed by atoms with Gasteiger partial charge in [-0.25, -0.2) is 18.1 Å². The van der Waals surface area contributed by atoms with Crippen LogP contribution in [0.5, 0.6) is 0 Å². The Labute approximate surface area is 107 Å². The predicted octanol–water partition coefficient (Wildman–Crippen LogP) is 0.261. The summed E-state index contributed by atoms with van der Waals surface area (Å²) in [5, 5.41) is 8.98. The molecule has 1 aliphatic rings. The summed E-state index contributed by atoms with van der Waals surface area (Å²) >= 11 is 0. The number of aliphatic hydroxyl groups is 1. The van der Waals surface area contributed by atoms with Gasteiger partial charge in [-0.1, -0.05) is 0 Å². The Hall–Kier alpha value is -0.920. The van der Waals surface area contributed by atoms with Gasteiger partial charge in [-0.3, -0.25) is 0 Å². The van der Waals surface area contributed by atoms with Gasteiger partial charge < -0.3 is 9.67 Å². The number of nitrogens with one attached hydrogen (secondary N) is 1. The van der Waals surface area contributed by atoms with Crippen LogP contribution >= 0.6 is 0 Å². The molecule has 0 bridgehead atoms. The van der Waals surface area contributed by atoms with Crippen LogP contribution in [0, 0.1) is 12.8 Å². The van der Waals surface area contributed by atoms with Gasteiger partial charge in [0.05, 0.1) is 0 Å². The van der Waals surface area contributed by atoms with Crippen molar-refractivity contribution >= 4 is 10.0 Å². The maximum atomic E-state index is 12.1. The van der Waals surface area contributed by atoms with Crippen molar-refractivity contribution in [2.24, 2.45) is 5.92 Å². The monoisotopic (exact) mass is 273 g/mol. The van der Waals surface area contributed by atoms with E-state index in [1.807, 2.05) is 6.92 Å². The van der Waals surface area contributed by atoms with Crippen LogP contribution in [-0.4, -0.2) is 35.7 Å². The maximum Gasteiger partial charge on any atom is 0.259 e. The van der Waals surface area contributed by atoms with Gasteiger partial charge in [0.2, 0.25) is 0 Å². The van der Waals surface area contributed by atoms with Crippen LogP contribution in [0.3, 0.4) is 0 Å². The quantitative estimate of drug-likeness (QED) is 0.806. The van der Waals surface area contributed by atoms with Gasteiger partial charge in [-0.15, -0.1) is 0 Å². The number of sulfonamides is 1. The van der Waals surface area contributed by atoms with E-state index in [1.54, 1.807) is 17.7 Å². The Morgan fingerprint density at radius 3 is 2.72 bits per heavy atom. The van der Waals surface area contributed by atoms with Gasteiger partial charge in [-0.2, -0.15) is 0 Å². The summed E-state index contributed by atoms with van der Waals surface area (Å²) in [6.45, 7) is 4.55. The fraction of sp³-hybridized carbons (Fsp3) is 0.727. The lowest BCUT2D eigenvalue weighted by Crippen LogP contribution is -2.45. The molecule has 1 aliphatic carbocycles. The summed E-state index contributed by atoms with van der Waals surface area (Å²) in [6.07, 6.45) is 2.95. The second-order valence-electron chi connectivity index (χ2n) is 4.75. The maximum absolute atomic E-state index is 12.1. The average molecular weight is 273 g/mol. The topological polar surface area (TPSA) is 84.2 Å². The minimum Gasteiger partial charge on any atom is -0.396 e. The molecule has 0 aliphatic heterocycles. The molecule has 102 valence electrons. The lowest BCUT2D eigenvalue weighted by molar-refractivity contribution is 0.137. The van der Waals surface area contributed by atoms with Crippen LogP contribution in [-0.2, 0) is 16.6 Å². The SMILES string of the molecule is CCn1cc(S(=O)(=O)NC2CC(CO)C2)nc1C. The van der Waals surface area contributed by atoms with Gasteiger partial charge in [0.1, 0.15) is 5.82 Å². The minimum atomic E-state index is -3.53. The highest BCUT2D eigenvalue weighted by Crippen LogP contribution is 2.27. The third-order valence-electron chi connectivity index (χ3n) is 3.39. The Balaban J connectivity index is 2.06.